The van der Waals surface area contributed by atoms with E-state index >= 15 is 0 Å². The van der Waals surface area contributed by atoms with Crippen molar-refractivity contribution in [3.8, 4) is 0 Å². The first kappa shape index (κ1) is 15.6. The van der Waals surface area contributed by atoms with Crippen molar-refractivity contribution < 1.29 is 5.11 Å². The van der Waals surface area contributed by atoms with Gasteiger partial charge in [0, 0.05) is 15.9 Å². The highest BCUT2D eigenvalue weighted by molar-refractivity contribution is 9.10. The van der Waals surface area contributed by atoms with E-state index in [-0.39, 0.29) is 0 Å². The lowest BCUT2D eigenvalue weighted by molar-refractivity contribution is 0.175. The number of hydrogen-bond acceptors (Lipinski definition) is 1. The van der Waals surface area contributed by atoms with Crippen LogP contribution in [0.1, 0.15) is 22.3 Å². The minimum atomic E-state index is -0.421. The molecule has 2 aromatic carbocycles. The summed E-state index contributed by atoms with van der Waals surface area (Å²) in [4.78, 5) is 0. The van der Waals surface area contributed by atoms with Gasteiger partial charge >= 0.3 is 0 Å². The lowest BCUT2D eigenvalue weighted by atomic mass is 9.98. The Balaban J connectivity index is 2.04. The maximum Gasteiger partial charge on any atom is 0.0621 e. The number of aliphatic hydroxyl groups excluding tert-OH is 1. The van der Waals surface area contributed by atoms with Gasteiger partial charge in [0.05, 0.1) is 6.10 Å². The maximum atomic E-state index is 10.2. The van der Waals surface area contributed by atoms with Gasteiger partial charge in [0.25, 0.3) is 0 Å². The van der Waals surface area contributed by atoms with Gasteiger partial charge < -0.3 is 5.11 Å². The van der Waals surface area contributed by atoms with Crippen LogP contribution in [0, 0.1) is 13.8 Å². The number of benzene rings is 2. The van der Waals surface area contributed by atoms with E-state index in [1.165, 1.54) is 11.1 Å². The van der Waals surface area contributed by atoms with E-state index in [4.69, 9.17) is 11.6 Å². The number of halogens is 2. The average Bonchev–Trinajstić information content (AvgIpc) is 2.37. The van der Waals surface area contributed by atoms with Crippen LogP contribution in [0.4, 0.5) is 0 Å². The van der Waals surface area contributed by atoms with Crippen molar-refractivity contribution in [2.45, 2.75) is 32.8 Å². The third-order valence-electron chi connectivity index (χ3n) is 3.51. The summed E-state index contributed by atoms with van der Waals surface area (Å²) in [7, 11) is 0. The zero-order valence-corrected chi connectivity index (χ0v) is 14.0. The third-order valence-corrected chi connectivity index (χ3v) is 4.36. The van der Waals surface area contributed by atoms with Gasteiger partial charge in [-0.05, 0) is 54.7 Å². The normalized spacial score (nSPS) is 12.4. The second-order valence-corrected chi connectivity index (χ2v) is 6.54. The molecule has 0 fully saturated rings. The smallest absolute Gasteiger partial charge is 0.0621 e. The maximum absolute atomic E-state index is 10.2. The molecule has 0 amide bonds. The molecule has 2 aromatic rings. The molecule has 20 heavy (non-hydrogen) atoms. The molecule has 3 heteroatoms. The number of aliphatic hydroxyl groups is 1. The van der Waals surface area contributed by atoms with E-state index < -0.39 is 6.10 Å². The predicted octanol–water partition coefficient (Wildman–Crippen LogP) is 4.87. The molecule has 1 unspecified atom stereocenters. The fraction of sp³-hybridized carbons (Fsp3) is 0.294. The lowest BCUT2D eigenvalue weighted by Gasteiger charge is -2.13. The van der Waals surface area contributed by atoms with Crippen molar-refractivity contribution in [1.29, 1.82) is 0 Å². The molecule has 2 rings (SSSR count). The average molecular weight is 354 g/mol. The van der Waals surface area contributed by atoms with Gasteiger partial charge in [-0.25, -0.2) is 0 Å². The SMILES string of the molecule is Cc1ccc(CC(O)Cc2ccc(Br)cc2Cl)cc1C. The van der Waals surface area contributed by atoms with Crippen molar-refractivity contribution in [2.24, 2.45) is 0 Å². The van der Waals surface area contributed by atoms with Crippen LogP contribution in [0.25, 0.3) is 0 Å². The zero-order chi connectivity index (χ0) is 14.7. The Kier molecular flexibility index (Phi) is 5.25. The quantitative estimate of drug-likeness (QED) is 0.832. The van der Waals surface area contributed by atoms with Crippen molar-refractivity contribution in [3.05, 3.63) is 68.1 Å². The molecule has 0 aromatic heterocycles. The standard InChI is InChI=1S/C17H18BrClO/c1-11-3-4-13(7-12(11)2)8-16(20)9-14-5-6-15(18)10-17(14)19/h3-7,10,16,20H,8-9H2,1-2H3. The fourth-order valence-electron chi connectivity index (χ4n) is 2.22. The second kappa shape index (κ2) is 6.75. The van der Waals surface area contributed by atoms with Crippen molar-refractivity contribution in [2.75, 3.05) is 0 Å². The Hall–Kier alpha value is -0.830. The minimum Gasteiger partial charge on any atom is -0.392 e. The van der Waals surface area contributed by atoms with Crippen LogP contribution in [0.3, 0.4) is 0 Å². The van der Waals surface area contributed by atoms with Crippen LogP contribution < -0.4 is 0 Å². The highest BCUT2D eigenvalue weighted by Crippen LogP contribution is 2.23. The van der Waals surface area contributed by atoms with Crippen LogP contribution in [-0.2, 0) is 12.8 Å². The van der Waals surface area contributed by atoms with Gasteiger partial charge in [-0.1, -0.05) is 51.8 Å². The van der Waals surface area contributed by atoms with Crippen LogP contribution in [0.5, 0.6) is 0 Å². The largest absolute Gasteiger partial charge is 0.392 e. The van der Waals surface area contributed by atoms with Gasteiger partial charge in [-0.15, -0.1) is 0 Å². The summed E-state index contributed by atoms with van der Waals surface area (Å²) in [5, 5.41) is 10.9. The highest BCUT2D eigenvalue weighted by atomic mass is 79.9. The zero-order valence-electron chi connectivity index (χ0n) is 11.7. The summed E-state index contributed by atoms with van der Waals surface area (Å²) >= 11 is 9.57. The highest BCUT2D eigenvalue weighted by Gasteiger charge is 2.10. The summed E-state index contributed by atoms with van der Waals surface area (Å²) in [5.74, 6) is 0. The summed E-state index contributed by atoms with van der Waals surface area (Å²) in [6.07, 6.45) is 0.794. The van der Waals surface area contributed by atoms with Gasteiger partial charge in [-0.2, -0.15) is 0 Å². The topological polar surface area (TPSA) is 20.2 Å². The van der Waals surface area contributed by atoms with Crippen LogP contribution in [-0.4, -0.2) is 11.2 Å². The van der Waals surface area contributed by atoms with Crippen molar-refractivity contribution in [1.82, 2.24) is 0 Å². The van der Waals surface area contributed by atoms with Crippen molar-refractivity contribution >= 4 is 27.5 Å². The Morgan fingerprint density at radius 3 is 2.45 bits per heavy atom. The Bertz CT molecular complexity index is 610. The third kappa shape index (κ3) is 4.08. The first-order chi connectivity index (χ1) is 9.45. The van der Waals surface area contributed by atoms with Gasteiger partial charge in [0.1, 0.15) is 0 Å². The monoisotopic (exact) mass is 352 g/mol. The molecular weight excluding hydrogens is 336 g/mol. The van der Waals surface area contributed by atoms with E-state index in [9.17, 15) is 5.11 Å². The van der Waals surface area contributed by atoms with Crippen LogP contribution >= 0.6 is 27.5 Å². The number of aryl methyl sites for hydroxylation is 2. The fourth-order valence-corrected chi connectivity index (χ4v) is 2.97. The van der Waals surface area contributed by atoms with Gasteiger partial charge in [0.15, 0.2) is 0 Å². The van der Waals surface area contributed by atoms with Crippen molar-refractivity contribution in [3.63, 3.8) is 0 Å². The lowest BCUT2D eigenvalue weighted by Crippen LogP contribution is -2.14. The molecule has 1 nitrogen and oxygen atoms in total. The molecule has 0 bridgehead atoms. The number of hydrogen-bond donors (Lipinski definition) is 1. The summed E-state index contributed by atoms with van der Waals surface area (Å²) in [5.41, 5.74) is 4.68. The molecule has 0 aliphatic heterocycles. The summed E-state index contributed by atoms with van der Waals surface area (Å²) < 4.78 is 0.954. The second-order valence-electron chi connectivity index (χ2n) is 5.22. The van der Waals surface area contributed by atoms with E-state index in [1.54, 1.807) is 0 Å². The van der Waals surface area contributed by atoms with Gasteiger partial charge in [-0.3, -0.25) is 0 Å². The predicted molar refractivity (Wildman–Crippen MR) is 88.5 cm³/mol. The Morgan fingerprint density at radius 2 is 1.80 bits per heavy atom. The first-order valence-electron chi connectivity index (χ1n) is 6.64. The minimum absolute atomic E-state index is 0.421. The molecule has 0 spiro atoms. The molecule has 1 atom stereocenters. The molecule has 0 heterocycles. The number of rotatable bonds is 4. The summed E-state index contributed by atoms with van der Waals surface area (Å²) in [6.45, 7) is 4.19. The molecule has 0 radical (unpaired) electrons. The van der Waals surface area contributed by atoms with Crippen LogP contribution in [0.2, 0.25) is 5.02 Å². The first-order valence-corrected chi connectivity index (χ1v) is 7.81. The Labute approximate surface area is 133 Å². The molecule has 1 N–H and O–H groups in total. The molecule has 0 aliphatic carbocycles. The van der Waals surface area contributed by atoms with E-state index in [0.29, 0.717) is 17.9 Å². The van der Waals surface area contributed by atoms with Gasteiger partial charge in [0.2, 0.25) is 0 Å². The Morgan fingerprint density at radius 1 is 1.05 bits per heavy atom. The molecule has 0 aliphatic rings. The molecule has 0 saturated heterocycles. The molecule has 0 saturated carbocycles. The van der Waals surface area contributed by atoms with E-state index in [2.05, 4.69) is 48.0 Å². The molecular formula is C17H18BrClO. The molecule has 106 valence electrons. The van der Waals surface area contributed by atoms with E-state index in [1.807, 2.05) is 18.2 Å². The van der Waals surface area contributed by atoms with E-state index in [0.717, 1.165) is 15.6 Å². The summed E-state index contributed by atoms with van der Waals surface area (Å²) in [6, 6.07) is 12.1. The van der Waals surface area contributed by atoms with Crippen LogP contribution in [0.15, 0.2) is 40.9 Å².